The first-order chi connectivity index (χ1) is 6.31. The summed E-state index contributed by atoms with van der Waals surface area (Å²) in [6, 6.07) is 0. The van der Waals surface area contributed by atoms with Gasteiger partial charge in [-0.25, -0.2) is 0 Å². The molecule has 0 aliphatic rings. The minimum atomic E-state index is -1.59. The number of allylic oxidation sites excluding steroid dienone is 1. The Morgan fingerprint density at radius 1 is 1.29 bits per heavy atom. The molecule has 0 unspecified atom stereocenters. The number of carbonyl (C=O) groups excluding carboxylic acids is 1. The molecule has 0 aliphatic heterocycles. The average Bonchev–Trinajstić information content (AvgIpc) is 2.02. The van der Waals surface area contributed by atoms with Crippen LogP contribution in [-0.4, -0.2) is 21.2 Å². The summed E-state index contributed by atoms with van der Waals surface area (Å²) in [4.78, 5) is 10.0. The molecule has 0 rings (SSSR count). The maximum absolute atomic E-state index is 10.0. The van der Waals surface area contributed by atoms with Gasteiger partial charge in [0, 0.05) is 6.61 Å². The van der Waals surface area contributed by atoms with Crippen LogP contribution in [0, 0.1) is 0 Å². The third-order valence-corrected chi connectivity index (χ3v) is 7.31. The van der Waals surface area contributed by atoms with E-state index >= 15 is 0 Å². The SMILES string of the molecule is CC(C)(C)[Si](C)(C)OCC/C=C/C=O. The topological polar surface area (TPSA) is 26.3 Å². The molecule has 0 amide bonds. The summed E-state index contributed by atoms with van der Waals surface area (Å²) < 4.78 is 5.91. The lowest BCUT2D eigenvalue weighted by Crippen LogP contribution is -2.40. The van der Waals surface area contributed by atoms with Gasteiger partial charge in [-0.2, -0.15) is 0 Å². The van der Waals surface area contributed by atoms with Gasteiger partial charge in [0.25, 0.3) is 0 Å². The van der Waals surface area contributed by atoms with Gasteiger partial charge in [0.15, 0.2) is 8.32 Å². The van der Waals surface area contributed by atoms with Crippen LogP contribution < -0.4 is 0 Å². The predicted molar refractivity (Wildman–Crippen MR) is 63.0 cm³/mol. The molecule has 82 valence electrons. The molecule has 0 saturated carbocycles. The van der Waals surface area contributed by atoms with Crippen molar-refractivity contribution < 1.29 is 9.22 Å². The fraction of sp³-hybridized carbons (Fsp3) is 0.727. The van der Waals surface area contributed by atoms with E-state index < -0.39 is 8.32 Å². The maximum Gasteiger partial charge on any atom is 0.191 e. The lowest BCUT2D eigenvalue weighted by molar-refractivity contribution is -0.104. The highest BCUT2D eigenvalue weighted by molar-refractivity contribution is 6.74. The summed E-state index contributed by atoms with van der Waals surface area (Å²) in [5.41, 5.74) is 0. The normalized spacial score (nSPS) is 13.5. The molecular weight excluding hydrogens is 192 g/mol. The van der Waals surface area contributed by atoms with E-state index in [0.29, 0.717) is 0 Å². The van der Waals surface area contributed by atoms with Crippen LogP contribution in [0.2, 0.25) is 18.1 Å². The van der Waals surface area contributed by atoms with Crippen molar-refractivity contribution in [2.75, 3.05) is 6.61 Å². The van der Waals surface area contributed by atoms with Crippen molar-refractivity contribution in [2.24, 2.45) is 0 Å². The monoisotopic (exact) mass is 214 g/mol. The summed E-state index contributed by atoms with van der Waals surface area (Å²) >= 11 is 0. The Hall–Kier alpha value is -0.413. The third kappa shape index (κ3) is 4.72. The van der Waals surface area contributed by atoms with Gasteiger partial charge in [-0.1, -0.05) is 26.8 Å². The van der Waals surface area contributed by atoms with Gasteiger partial charge in [0.1, 0.15) is 6.29 Å². The van der Waals surface area contributed by atoms with Crippen LogP contribution in [0.3, 0.4) is 0 Å². The van der Waals surface area contributed by atoms with E-state index in [1.165, 1.54) is 6.08 Å². The predicted octanol–water partition coefficient (Wildman–Crippen LogP) is 3.15. The first-order valence-electron chi connectivity index (χ1n) is 5.05. The quantitative estimate of drug-likeness (QED) is 0.304. The van der Waals surface area contributed by atoms with Crippen LogP contribution in [0.25, 0.3) is 0 Å². The van der Waals surface area contributed by atoms with Crippen LogP contribution in [0.1, 0.15) is 27.2 Å². The van der Waals surface area contributed by atoms with E-state index in [1.54, 1.807) is 0 Å². The average molecular weight is 214 g/mol. The molecule has 0 N–H and O–H groups in total. The zero-order valence-electron chi connectivity index (χ0n) is 9.96. The fourth-order valence-corrected chi connectivity index (χ4v) is 1.81. The number of aldehydes is 1. The van der Waals surface area contributed by atoms with Crippen molar-refractivity contribution in [2.45, 2.75) is 45.3 Å². The van der Waals surface area contributed by atoms with Crippen LogP contribution in [0.4, 0.5) is 0 Å². The van der Waals surface area contributed by atoms with Gasteiger partial charge in [0.2, 0.25) is 0 Å². The van der Waals surface area contributed by atoms with Crippen LogP contribution in [0.15, 0.2) is 12.2 Å². The molecule has 0 saturated heterocycles. The molecule has 0 bridgehead atoms. The summed E-state index contributed by atoms with van der Waals surface area (Å²) in [6.07, 6.45) is 4.99. The molecule has 0 aliphatic carbocycles. The van der Waals surface area contributed by atoms with Crippen LogP contribution in [0.5, 0.6) is 0 Å². The minimum Gasteiger partial charge on any atom is -0.417 e. The zero-order chi connectivity index (χ0) is 11.2. The zero-order valence-corrected chi connectivity index (χ0v) is 11.0. The molecular formula is C11H22O2Si. The minimum absolute atomic E-state index is 0.265. The van der Waals surface area contributed by atoms with Gasteiger partial charge in [-0.05, 0) is 30.6 Å². The van der Waals surface area contributed by atoms with Crippen molar-refractivity contribution >= 4 is 14.6 Å². The molecule has 14 heavy (non-hydrogen) atoms. The van der Waals surface area contributed by atoms with Crippen molar-refractivity contribution in [1.82, 2.24) is 0 Å². The number of carbonyl (C=O) groups is 1. The highest BCUT2D eigenvalue weighted by Gasteiger charge is 2.36. The lowest BCUT2D eigenvalue weighted by atomic mass is 10.2. The molecule has 0 aromatic heterocycles. The maximum atomic E-state index is 10.0. The van der Waals surface area contributed by atoms with E-state index in [9.17, 15) is 4.79 Å². The lowest BCUT2D eigenvalue weighted by Gasteiger charge is -2.36. The molecule has 0 radical (unpaired) electrons. The van der Waals surface area contributed by atoms with E-state index in [-0.39, 0.29) is 5.04 Å². The van der Waals surface area contributed by atoms with Crippen molar-refractivity contribution in [1.29, 1.82) is 0 Å². The van der Waals surface area contributed by atoms with Crippen LogP contribution in [-0.2, 0) is 9.22 Å². The smallest absolute Gasteiger partial charge is 0.191 e. The van der Waals surface area contributed by atoms with Gasteiger partial charge >= 0.3 is 0 Å². The molecule has 0 aromatic carbocycles. The largest absolute Gasteiger partial charge is 0.417 e. The Labute approximate surface area is 88.5 Å². The van der Waals surface area contributed by atoms with Crippen molar-refractivity contribution in [3.05, 3.63) is 12.2 Å². The van der Waals surface area contributed by atoms with E-state index in [1.807, 2.05) is 6.08 Å². The first-order valence-corrected chi connectivity index (χ1v) is 7.96. The number of hydrogen-bond donors (Lipinski definition) is 0. The number of hydrogen-bond acceptors (Lipinski definition) is 2. The van der Waals surface area contributed by atoms with E-state index in [4.69, 9.17) is 4.43 Å². The summed E-state index contributed by atoms with van der Waals surface area (Å²) in [7, 11) is -1.59. The summed E-state index contributed by atoms with van der Waals surface area (Å²) in [5.74, 6) is 0. The Morgan fingerprint density at radius 3 is 2.29 bits per heavy atom. The summed E-state index contributed by atoms with van der Waals surface area (Å²) in [5, 5.41) is 0.265. The van der Waals surface area contributed by atoms with Gasteiger partial charge in [-0.3, -0.25) is 4.79 Å². The summed E-state index contributed by atoms with van der Waals surface area (Å²) in [6.45, 7) is 11.9. The second-order valence-corrected chi connectivity index (χ2v) is 9.77. The highest BCUT2D eigenvalue weighted by atomic mass is 28.4. The first kappa shape index (κ1) is 13.6. The van der Waals surface area contributed by atoms with Crippen molar-refractivity contribution in [3.63, 3.8) is 0 Å². The Morgan fingerprint density at radius 2 is 1.86 bits per heavy atom. The second kappa shape index (κ2) is 5.46. The molecule has 0 aromatic rings. The molecule has 2 nitrogen and oxygen atoms in total. The molecule has 0 heterocycles. The van der Waals surface area contributed by atoms with Gasteiger partial charge in [0.05, 0.1) is 0 Å². The van der Waals surface area contributed by atoms with Crippen molar-refractivity contribution in [3.8, 4) is 0 Å². The third-order valence-electron chi connectivity index (χ3n) is 2.77. The van der Waals surface area contributed by atoms with Gasteiger partial charge in [-0.15, -0.1) is 0 Å². The number of rotatable bonds is 5. The molecule has 0 spiro atoms. The molecule has 3 heteroatoms. The fourth-order valence-electron chi connectivity index (χ4n) is 0.750. The Bertz CT molecular complexity index is 202. The van der Waals surface area contributed by atoms with Crippen LogP contribution >= 0.6 is 0 Å². The highest BCUT2D eigenvalue weighted by Crippen LogP contribution is 2.36. The van der Waals surface area contributed by atoms with E-state index in [2.05, 4.69) is 33.9 Å². The van der Waals surface area contributed by atoms with E-state index in [0.717, 1.165) is 19.3 Å². The molecule has 0 atom stereocenters. The Kier molecular flexibility index (Phi) is 5.30. The molecule has 0 fully saturated rings. The van der Waals surface area contributed by atoms with Gasteiger partial charge < -0.3 is 4.43 Å². The Balaban J connectivity index is 3.89. The standard InChI is InChI=1S/C11H22O2Si/c1-11(2,3)14(4,5)13-10-8-6-7-9-12/h6-7,9H,8,10H2,1-5H3/b7-6+. The second-order valence-electron chi connectivity index (χ2n) is 4.96.